The summed E-state index contributed by atoms with van der Waals surface area (Å²) >= 11 is 6.01. The second kappa shape index (κ2) is 6.58. The fraction of sp³-hybridized carbons (Fsp3) is 0.312. The van der Waals surface area contributed by atoms with Crippen molar-refractivity contribution in [1.29, 1.82) is 0 Å². The number of aryl methyl sites for hydroxylation is 1. The Morgan fingerprint density at radius 3 is 2.33 bits per heavy atom. The van der Waals surface area contributed by atoms with Crippen LogP contribution >= 0.6 is 11.6 Å². The van der Waals surface area contributed by atoms with Crippen LogP contribution in [0, 0.1) is 6.92 Å². The number of hydrogen-bond acceptors (Lipinski definition) is 4. The van der Waals surface area contributed by atoms with Gasteiger partial charge in [-0.15, -0.1) is 0 Å². The number of halogens is 1. The Hall–Kier alpha value is -1.83. The molecule has 24 heavy (non-hydrogen) atoms. The number of furan rings is 1. The third-order valence-electron chi connectivity index (χ3n) is 3.93. The number of nitrogens with zero attached hydrogens (tertiary/aromatic N) is 2. The lowest BCUT2D eigenvalue weighted by Gasteiger charge is -2.33. The van der Waals surface area contributed by atoms with Crippen LogP contribution in [-0.4, -0.2) is 49.7 Å². The lowest BCUT2D eigenvalue weighted by molar-refractivity contribution is 0.0664. The van der Waals surface area contributed by atoms with Gasteiger partial charge in [-0.1, -0.05) is 23.7 Å². The first-order chi connectivity index (χ1) is 11.4. The fourth-order valence-corrected chi connectivity index (χ4v) is 4.55. The molecule has 1 amide bonds. The summed E-state index contributed by atoms with van der Waals surface area (Å²) in [5.41, 5.74) is 0. The van der Waals surface area contributed by atoms with Crippen molar-refractivity contribution >= 4 is 27.5 Å². The Balaban J connectivity index is 1.71. The fourth-order valence-electron chi connectivity index (χ4n) is 2.63. The predicted octanol–water partition coefficient (Wildman–Crippen LogP) is 2.39. The van der Waals surface area contributed by atoms with E-state index in [1.807, 2.05) is 0 Å². The first kappa shape index (κ1) is 17.0. The van der Waals surface area contributed by atoms with Crippen LogP contribution < -0.4 is 0 Å². The maximum Gasteiger partial charge on any atom is 0.289 e. The van der Waals surface area contributed by atoms with Gasteiger partial charge in [0, 0.05) is 26.2 Å². The van der Waals surface area contributed by atoms with Crippen LogP contribution in [0.5, 0.6) is 0 Å². The molecule has 3 rings (SSSR count). The summed E-state index contributed by atoms with van der Waals surface area (Å²) < 4.78 is 32.0. The average Bonchev–Trinajstić information content (AvgIpc) is 3.01. The van der Waals surface area contributed by atoms with E-state index in [0.717, 1.165) is 0 Å². The molecule has 0 atom stereocenters. The Morgan fingerprint density at radius 1 is 1.08 bits per heavy atom. The van der Waals surface area contributed by atoms with Crippen LogP contribution in [0.3, 0.4) is 0 Å². The van der Waals surface area contributed by atoms with Crippen molar-refractivity contribution in [2.45, 2.75) is 11.8 Å². The second-order valence-corrected chi connectivity index (χ2v) is 7.85. The van der Waals surface area contributed by atoms with Gasteiger partial charge in [-0.3, -0.25) is 4.79 Å². The van der Waals surface area contributed by atoms with E-state index in [1.165, 1.54) is 10.4 Å². The van der Waals surface area contributed by atoms with Crippen LogP contribution in [0.4, 0.5) is 0 Å². The lowest BCUT2D eigenvalue weighted by Crippen LogP contribution is -2.50. The van der Waals surface area contributed by atoms with Crippen molar-refractivity contribution in [1.82, 2.24) is 9.21 Å². The van der Waals surface area contributed by atoms with Crippen LogP contribution in [-0.2, 0) is 10.0 Å². The molecule has 8 heteroatoms. The van der Waals surface area contributed by atoms with Crippen LogP contribution in [0.25, 0.3) is 0 Å². The number of carbonyl (C=O) groups excluding carboxylic acids is 1. The van der Waals surface area contributed by atoms with E-state index in [9.17, 15) is 13.2 Å². The molecule has 128 valence electrons. The number of sulfonamides is 1. The summed E-state index contributed by atoms with van der Waals surface area (Å²) in [6, 6.07) is 9.71. The maximum absolute atomic E-state index is 12.7. The highest BCUT2D eigenvalue weighted by atomic mass is 35.5. The van der Waals surface area contributed by atoms with E-state index < -0.39 is 10.0 Å². The van der Waals surface area contributed by atoms with Crippen LogP contribution in [0.1, 0.15) is 16.3 Å². The molecule has 0 aliphatic carbocycles. The van der Waals surface area contributed by atoms with Gasteiger partial charge < -0.3 is 9.32 Å². The van der Waals surface area contributed by atoms with Gasteiger partial charge in [0.2, 0.25) is 10.0 Å². The van der Waals surface area contributed by atoms with Crippen molar-refractivity contribution in [2.75, 3.05) is 26.2 Å². The van der Waals surface area contributed by atoms with E-state index in [2.05, 4.69) is 0 Å². The molecule has 1 saturated heterocycles. The quantitative estimate of drug-likeness (QED) is 0.834. The second-order valence-electron chi connectivity index (χ2n) is 5.54. The molecule has 0 bridgehead atoms. The van der Waals surface area contributed by atoms with Gasteiger partial charge in [-0.25, -0.2) is 8.42 Å². The zero-order valence-corrected chi connectivity index (χ0v) is 14.7. The molecule has 1 aromatic carbocycles. The molecular formula is C16H17ClN2O4S. The number of rotatable bonds is 3. The Morgan fingerprint density at radius 2 is 1.75 bits per heavy atom. The standard InChI is InChI=1S/C16H17ClN2O4S/c1-12-6-7-14(23-12)16(20)18-8-10-19(11-9-18)24(21,22)15-5-3-2-4-13(15)17/h2-7H,8-11H2,1H3. The zero-order chi connectivity index (χ0) is 17.3. The number of amides is 1. The Kier molecular flexibility index (Phi) is 4.67. The van der Waals surface area contributed by atoms with Gasteiger partial charge in [0.1, 0.15) is 10.7 Å². The van der Waals surface area contributed by atoms with Gasteiger partial charge >= 0.3 is 0 Å². The van der Waals surface area contributed by atoms with E-state index in [0.29, 0.717) is 18.8 Å². The number of benzene rings is 1. The molecule has 0 saturated carbocycles. The molecular weight excluding hydrogens is 352 g/mol. The number of carbonyl (C=O) groups is 1. The summed E-state index contributed by atoms with van der Waals surface area (Å²) in [4.78, 5) is 14.0. The highest BCUT2D eigenvalue weighted by Crippen LogP contribution is 2.25. The number of hydrogen-bond donors (Lipinski definition) is 0. The van der Waals surface area contributed by atoms with Crippen molar-refractivity contribution in [3.63, 3.8) is 0 Å². The Bertz CT molecular complexity index is 854. The summed E-state index contributed by atoms with van der Waals surface area (Å²) in [5.74, 6) is 0.714. The van der Waals surface area contributed by atoms with Gasteiger partial charge in [0.15, 0.2) is 5.76 Å². The minimum Gasteiger partial charge on any atom is -0.456 e. The van der Waals surface area contributed by atoms with Gasteiger partial charge in [-0.2, -0.15) is 4.31 Å². The topological polar surface area (TPSA) is 70.8 Å². The predicted molar refractivity (Wildman–Crippen MR) is 89.6 cm³/mol. The normalized spacial score (nSPS) is 16.3. The molecule has 0 spiro atoms. The van der Waals surface area contributed by atoms with E-state index >= 15 is 0 Å². The molecule has 1 fully saturated rings. The maximum atomic E-state index is 12.7. The van der Waals surface area contributed by atoms with Crippen molar-refractivity contribution < 1.29 is 17.6 Å². The molecule has 0 N–H and O–H groups in total. The van der Waals surface area contributed by atoms with Crippen LogP contribution in [0.15, 0.2) is 45.7 Å². The van der Waals surface area contributed by atoms with Gasteiger partial charge in [0.05, 0.1) is 5.02 Å². The summed E-state index contributed by atoms with van der Waals surface area (Å²) in [5, 5.41) is 0.196. The highest BCUT2D eigenvalue weighted by Gasteiger charge is 2.32. The SMILES string of the molecule is Cc1ccc(C(=O)N2CCN(S(=O)(=O)c3ccccc3Cl)CC2)o1. The lowest BCUT2D eigenvalue weighted by atomic mass is 10.3. The molecule has 0 radical (unpaired) electrons. The minimum atomic E-state index is -3.66. The molecule has 1 aliphatic rings. The molecule has 1 aromatic heterocycles. The third kappa shape index (κ3) is 3.19. The van der Waals surface area contributed by atoms with Crippen molar-refractivity contribution in [3.8, 4) is 0 Å². The minimum absolute atomic E-state index is 0.0908. The van der Waals surface area contributed by atoms with E-state index in [-0.39, 0.29) is 34.7 Å². The monoisotopic (exact) mass is 368 g/mol. The summed E-state index contributed by atoms with van der Waals surface area (Å²) in [6.45, 7) is 2.83. The molecule has 0 unspecified atom stereocenters. The van der Waals surface area contributed by atoms with E-state index in [4.69, 9.17) is 16.0 Å². The van der Waals surface area contributed by atoms with E-state index in [1.54, 1.807) is 42.2 Å². The largest absolute Gasteiger partial charge is 0.456 e. The molecule has 1 aliphatic heterocycles. The van der Waals surface area contributed by atoms with Gasteiger partial charge in [-0.05, 0) is 31.2 Å². The van der Waals surface area contributed by atoms with Crippen molar-refractivity contribution in [2.24, 2.45) is 0 Å². The third-order valence-corrected chi connectivity index (χ3v) is 6.33. The number of piperazine rings is 1. The Labute approximate surface area is 145 Å². The van der Waals surface area contributed by atoms with Gasteiger partial charge in [0.25, 0.3) is 5.91 Å². The van der Waals surface area contributed by atoms with Crippen molar-refractivity contribution in [3.05, 3.63) is 52.9 Å². The first-order valence-electron chi connectivity index (χ1n) is 7.50. The van der Waals surface area contributed by atoms with Crippen LogP contribution in [0.2, 0.25) is 5.02 Å². The summed E-state index contributed by atoms with van der Waals surface area (Å²) in [6.07, 6.45) is 0. The molecule has 2 aromatic rings. The smallest absolute Gasteiger partial charge is 0.289 e. The highest BCUT2D eigenvalue weighted by molar-refractivity contribution is 7.89. The molecule has 2 heterocycles. The average molecular weight is 369 g/mol. The zero-order valence-electron chi connectivity index (χ0n) is 13.1. The molecule has 6 nitrogen and oxygen atoms in total. The summed E-state index contributed by atoms with van der Waals surface area (Å²) in [7, 11) is -3.66. The first-order valence-corrected chi connectivity index (χ1v) is 9.32.